The van der Waals surface area contributed by atoms with Crippen LogP contribution in [0.25, 0.3) is 0 Å². The van der Waals surface area contributed by atoms with Gasteiger partial charge in [0, 0.05) is 43.1 Å². The van der Waals surface area contributed by atoms with Crippen LogP contribution in [0, 0.1) is 16.7 Å². The summed E-state index contributed by atoms with van der Waals surface area (Å²) in [6, 6.07) is 9.17. The number of amidine groups is 1. The van der Waals surface area contributed by atoms with Gasteiger partial charge in [0.15, 0.2) is 5.78 Å². The van der Waals surface area contributed by atoms with Crippen LogP contribution in [0.4, 0.5) is 0 Å². The number of nitriles is 1. The van der Waals surface area contributed by atoms with Gasteiger partial charge in [0.05, 0.1) is 31.4 Å². The molecule has 0 saturated heterocycles. The van der Waals surface area contributed by atoms with Gasteiger partial charge in [0.25, 0.3) is 5.91 Å². The van der Waals surface area contributed by atoms with Crippen molar-refractivity contribution < 1.29 is 29.0 Å². The maximum Gasteiger partial charge on any atom is 0.303 e. The summed E-state index contributed by atoms with van der Waals surface area (Å²) in [6.45, 7) is 8.91. The molecule has 0 saturated carbocycles. The number of benzene rings is 2. The summed E-state index contributed by atoms with van der Waals surface area (Å²) in [7, 11) is 1.54. The minimum Gasteiger partial charge on any atom is -0.493 e. The number of rotatable bonds is 14. The molecule has 3 N–H and O–H groups in total. The van der Waals surface area contributed by atoms with Crippen LogP contribution in [0.3, 0.4) is 0 Å². The van der Waals surface area contributed by atoms with E-state index in [-0.39, 0.29) is 59.3 Å². The first kappa shape index (κ1) is 35.3. The van der Waals surface area contributed by atoms with Crippen LogP contribution in [0.2, 0.25) is 0 Å². The minimum atomic E-state index is -0.848. The molecule has 0 atom stereocenters. The molecule has 2 aromatic rings. The molecule has 0 radical (unpaired) electrons. The number of aryl methyl sites for hydroxylation is 1. The van der Waals surface area contributed by atoms with Crippen molar-refractivity contribution in [2.45, 2.75) is 71.8 Å². The lowest BCUT2D eigenvalue weighted by Crippen LogP contribution is -2.30. The standard InChI is InChI=1S/C32H40N4O6.BrH/c1-6-41-27-16-22-18-36(30(34)23(22)17-24(27)31(40)35-5)19-26(37)21-14-20(10-9-12-33)29(25(15-21)32(2,3)4)42-13-8-7-11-28(38)39;/h14-17,34H,6-11,13,18-19H2,1-5H3,(H,35,40)(H,38,39);1H. The molecule has 0 spiro atoms. The van der Waals surface area contributed by atoms with Gasteiger partial charge in [0.1, 0.15) is 17.3 Å². The molecule has 1 heterocycles. The Kier molecular flexibility index (Phi) is 12.7. The van der Waals surface area contributed by atoms with Gasteiger partial charge in [-0.3, -0.25) is 19.8 Å². The second-order valence-electron chi connectivity index (χ2n) is 11.3. The number of aliphatic carboxylic acids is 1. The number of ketones is 1. The fourth-order valence-electron chi connectivity index (χ4n) is 4.92. The molecule has 0 bridgehead atoms. The summed E-state index contributed by atoms with van der Waals surface area (Å²) < 4.78 is 11.9. The van der Waals surface area contributed by atoms with E-state index >= 15 is 0 Å². The molecule has 2 aromatic carbocycles. The Balaban J connectivity index is 0.00000645. The number of ether oxygens (including phenoxy) is 2. The van der Waals surface area contributed by atoms with Gasteiger partial charge in [-0.2, -0.15) is 5.26 Å². The number of nitrogens with one attached hydrogen (secondary N) is 2. The van der Waals surface area contributed by atoms with Crippen LogP contribution in [0.5, 0.6) is 11.5 Å². The zero-order valence-corrected chi connectivity index (χ0v) is 27.2. The Labute approximate surface area is 263 Å². The molecule has 0 aromatic heterocycles. The van der Waals surface area contributed by atoms with Gasteiger partial charge in [-0.25, -0.2) is 0 Å². The Bertz CT molecular complexity index is 1410. The van der Waals surface area contributed by atoms with E-state index in [0.717, 1.165) is 16.7 Å². The summed E-state index contributed by atoms with van der Waals surface area (Å²) >= 11 is 0. The number of unbranched alkanes of at least 4 members (excludes halogenated alkanes) is 1. The average Bonchev–Trinajstić information content (AvgIpc) is 3.23. The third kappa shape index (κ3) is 8.80. The van der Waals surface area contributed by atoms with Gasteiger partial charge in [-0.15, -0.1) is 17.0 Å². The summed E-state index contributed by atoms with van der Waals surface area (Å²) in [5.74, 6) is -0.108. The van der Waals surface area contributed by atoms with E-state index in [1.165, 1.54) is 7.05 Å². The fourth-order valence-corrected chi connectivity index (χ4v) is 4.92. The fraction of sp³-hybridized carbons (Fsp3) is 0.469. The maximum absolute atomic E-state index is 13.7. The third-order valence-electron chi connectivity index (χ3n) is 7.08. The normalized spacial score (nSPS) is 12.2. The van der Waals surface area contributed by atoms with E-state index in [1.807, 2.05) is 33.8 Å². The minimum absolute atomic E-state index is 0. The quantitative estimate of drug-likeness (QED) is 0.180. The first-order chi connectivity index (χ1) is 19.9. The molecule has 0 fully saturated rings. The van der Waals surface area contributed by atoms with Gasteiger partial charge in [-0.05, 0) is 67.0 Å². The van der Waals surface area contributed by atoms with E-state index in [2.05, 4.69) is 11.4 Å². The molecule has 0 unspecified atom stereocenters. The van der Waals surface area contributed by atoms with Crippen molar-refractivity contribution in [2.24, 2.45) is 0 Å². The van der Waals surface area contributed by atoms with E-state index in [1.54, 1.807) is 23.1 Å². The van der Waals surface area contributed by atoms with E-state index in [9.17, 15) is 19.6 Å². The number of carbonyl (C=O) groups is 3. The number of fused-ring (bicyclic) bond motifs is 1. The number of nitrogens with zero attached hydrogens (tertiary/aromatic N) is 2. The van der Waals surface area contributed by atoms with Crippen LogP contribution in [0.1, 0.15) is 96.3 Å². The molecule has 1 aliphatic rings. The SMILES string of the molecule is Br.CCOc1cc2c(cc1C(=O)NC)C(=N)N(CC(=O)c1cc(CCC#N)c(OCCCCC(=O)O)c(C(C)(C)C)c1)C2. The van der Waals surface area contributed by atoms with Gasteiger partial charge in [0.2, 0.25) is 0 Å². The molecule has 0 aliphatic carbocycles. The zero-order chi connectivity index (χ0) is 31.0. The first-order valence-corrected chi connectivity index (χ1v) is 14.2. The largest absolute Gasteiger partial charge is 0.493 e. The number of hydrogen-bond donors (Lipinski definition) is 3. The van der Waals surface area contributed by atoms with Crippen molar-refractivity contribution in [2.75, 3.05) is 26.8 Å². The number of carboxylic acids is 1. The highest BCUT2D eigenvalue weighted by Gasteiger charge is 2.30. The summed E-state index contributed by atoms with van der Waals surface area (Å²) in [4.78, 5) is 38.7. The number of carboxylic acid groups (broad SMARTS) is 1. The predicted molar refractivity (Wildman–Crippen MR) is 169 cm³/mol. The maximum atomic E-state index is 13.7. The molecule has 232 valence electrons. The average molecular weight is 658 g/mol. The van der Waals surface area contributed by atoms with Crippen LogP contribution in [-0.2, 0) is 23.2 Å². The van der Waals surface area contributed by atoms with Crippen molar-refractivity contribution in [1.29, 1.82) is 10.7 Å². The summed E-state index contributed by atoms with van der Waals surface area (Å²) in [6.07, 6.45) is 1.78. The zero-order valence-electron chi connectivity index (χ0n) is 25.5. The number of carbonyl (C=O) groups excluding carboxylic acids is 2. The number of amides is 1. The Morgan fingerprint density at radius 3 is 2.47 bits per heavy atom. The molecule has 1 amide bonds. The van der Waals surface area contributed by atoms with Crippen molar-refractivity contribution in [3.8, 4) is 17.6 Å². The number of hydrogen-bond acceptors (Lipinski definition) is 7. The lowest BCUT2D eigenvalue weighted by atomic mass is 9.83. The van der Waals surface area contributed by atoms with Crippen molar-refractivity contribution in [3.63, 3.8) is 0 Å². The van der Waals surface area contributed by atoms with Crippen LogP contribution >= 0.6 is 17.0 Å². The van der Waals surface area contributed by atoms with E-state index in [4.69, 9.17) is 20.0 Å². The molecule has 3 rings (SSSR count). The second-order valence-corrected chi connectivity index (χ2v) is 11.3. The topological polar surface area (TPSA) is 153 Å². The molecule has 43 heavy (non-hydrogen) atoms. The highest BCUT2D eigenvalue weighted by molar-refractivity contribution is 8.93. The third-order valence-corrected chi connectivity index (χ3v) is 7.08. The van der Waals surface area contributed by atoms with Crippen LogP contribution in [0.15, 0.2) is 24.3 Å². The second kappa shape index (κ2) is 15.5. The number of Topliss-reactive ketones (excluding diaryl/α,β-unsaturated/α-hetero) is 1. The lowest BCUT2D eigenvalue weighted by molar-refractivity contribution is -0.137. The van der Waals surface area contributed by atoms with Gasteiger partial charge in [-0.1, -0.05) is 20.8 Å². The van der Waals surface area contributed by atoms with Crippen molar-refractivity contribution >= 4 is 40.5 Å². The Morgan fingerprint density at radius 1 is 1.14 bits per heavy atom. The highest BCUT2D eigenvalue weighted by Crippen LogP contribution is 2.37. The van der Waals surface area contributed by atoms with Gasteiger partial charge >= 0.3 is 5.97 Å². The van der Waals surface area contributed by atoms with Crippen LogP contribution < -0.4 is 14.8 Å². The van der Waals surface area contributed by atoms with E-state index < -0.39 is 5.97 Å². The van der Waals surface area contributed by atoms with E-state index in [0.29, 0.717) is 67.2 Å². The number of halogens is 1. The van der Waals surface area contributed by atoms with Crippen LogP contribution in [-0.4, -0.2) is 60.3 Å². The summed E-state index contributed by atoms with van der Waals surface area (Å²) in [5.41, 5.74) is 3.40. The first-order valence-electron chi connectivity index (χ1n) is 14.2. The lowest BCUT2D eigenvalue weighted by Gasteiger charge is -2.26. The predicted octanol–water partition coefficient (Wildman–Crippen LogP) is 5.43. The molecular formula is C32H41BrN4O6. The molecule has 1 aliphatic heterocycles. The van der Waals surface area contributed by atoms with Crippen molar-refractivity contribution in [1.82, 2.24) is 10.2 Å². The molecule has 11 heteroatoms. The van der Waals surface area contributed by atoms with Gasteiger partial charge < -0.3 is 24.8 Å². The van der Waals surface area contributed by atoms with Crippen molar-refractivity contribution in [3.05, 3.63) is 57.6 Å². The Hall–Kier alpha value is -3.91. The highest BCUT2D eigenvalue weighted by atomic mass is 79.9. The Morgan fingerprint density at radius 2 is 1.86 bits per heavy atom. The smallest absolute Gasteiger partial charge is 0.303 e. The monoisotopic (exact) mass is 656 g/mol. The molecular weight excluding hydrogens is 616 g/mol. The molecule has 10 nitrogen and oxygen atoms in total. The summed E-state index contributed by atoms with van der Waals surface area (Å²) in [5, 5.41) is 29.6.